The standard InChI is InChI=1S/C7H13NO2/c1-6(3-4-8)7(5-9)10-2/h6-7,9H,3,5H2,1-2H3/t6-,7-/m0/s1. The highest BCUT2D eigenvalue weighted by Crippen LogP contribution is 2.09. The first-order chi connectivity index (χ1) is 4.76. The van der Waals surface area contributed by atoms with Crippen LogP contribution in [0.4, 0.5) is 0 Å². The zero-order valence-electron chi connectivity index (χ0n) is 6.37. The quantitative estimate of drug-likeness (QED) is 0.625. The minimum Gasteiger partial charge on any atom is -0.394 e. The Morgan fingerprint density at radius 1 is 1.70 bits per heavy atom. The third-order valence-corrected chi connectivity index (χ3v) is 1.53. The van der Waals surface area contributed by atoms with E-state index in [0.29, 0.717) is 6.42 Å². The molecule has 0 amide bonds. The summed E-state index contributed by atoms with van der Waals surface area (Å²) in [6.45, 7) is 1.87. The minimum absolute atomic E-state index is 0.0145. The maximum absolute atomic E-state index is 8.69. The number of nitriles is 1. The Labute approximate surface area is 61.2 Å². The van der Waals surface area contributed by atoms with E-state index in [1.54, 1.807) is 0 Å². The van der Waals surface area contributed by atoms with E-state index in [1.807, 2.05) is 13.0 Å². The molecule has 0 heterocycles. The second kappa shape index (κ2) is 5.21. The Morgan fingerprint density at radius 3 is 2.60 bits per heavy atom. The molecule has 58 valence electrons. The summed E-state index contributed by atoms with van der Waals surface area (Å²) in [5.41, 5.74) is 0. The van der Waals surface area contributed by atoms with E-state index in [0.717, 1.165) is 0 Å². The fourth-order valence-electron chi connectivity index (χ4n) is 0.762. The second-order valence-corrected chi connectivity index (χ2v) is 2.30. The molecule has 0 bridgehead atoms. The van der Waals surface area contributed by atoms with Crippen LogP contribution in [-0.2, 0) is 4.74 Å². The van der Waals surface area contributed by atoms with E-state index >= 15 is 0 Å². The summed E-state index contributed by atoms with van der Waals surface area (Å²) < 4.78 is 4.91. The van der Waals surface area contributed by atoms with Crippen LogP contribution >= 0.6 is 0 Å². The maximum atomic E-state index is 8.69. The highest BCUT2D eigenvalue weighted by molar-refractivity contribution is 4.77. The van der Waals surface area contributed by atoms with Gasteiger partial charge in [-0.15, -0.1) is 0 Å². The molecular weight excluding hydrogens is 130 g/mol. The SMILES string of the molecule is CO[C@@H](CO)[C@@H](C)CC#N. The first-order valence-corrected chi connectivity index (χ1v) is 3.26. The summed E-state index contributed by atoms with van der Waals surface area (Å²) in [6, 6.07) is 2.03. The summed E-state index contributed by atoms with van der Waals surface area (Å²) in [6.07, 6.45) is 0.235. The Kier molecular flexibility index (Phi) is 4.91. The molecule has 3 heteroatoms. The van der Waals surface area contributed by atoms with Crippen LogP contribution in [0.15, 0.2) is 0 Å². The molecule has 0 aromatic carbocycles. The number of aliphatic hydroxyl groups is 1. The van der Waals surface area contributed by atoms with E-state index in [9.17, 15) is 0 Å². The first-order valence-electron chi connectivity index (χ1n) is 3.26. The van der Waals surface area contributed by atoms with Gasteiger partial charge >= 0.3 is 0 Å². The Hall–Kier alpha value is -0.590. The zero-order chi connectivity index (χ0) is 7.98. The number of ether oxygens (including phenoxy) is 1. The van der Waals surface area contributed by atoms with Crippen LogP contribution in [0, 0.1) is 17.2 Å². The van der Waals surface area contributed by atoms with Gasteiger partial charge in [-0.1, -0.05) is 6.92 Å². The van der Waals surface area contributed by atoms with Crippen molar-refractivity contribution in [2.75, 3.05) is 13.7 Å². The van der Waals surface area contributed by atoms with E-state index < -0.39 is 0 Å². The average Bonchev–Trinajstić information content (AvgIpc) is 1.91. The molecule has 3 nitrogen and oxygen atoms in total. The Morgan fingerprint density at radius 2 is 2.30 bits per heavy atom. The molecule has 0 aromatic rings. The van der Waals surface area contributed by atoms with E-state index in [4.69, 9.17) is 15.1 Å². The van der Waals surface area contributed by atoms with Crippen molar-refractivity contribution < 1.29 is 9.84 Å². The van der Waals surface area contributed by atoms with Gasteiger partial charge in [0.2, 0.25) is 0 Å². The van der Waals surface area contributed by atoms with E-state index in [2.05, 4.69) is 0 Å². The lowest BCUT2D eigenvalue weighted by molar-refractivity contribution is 0.0142. The second-order valence-electron chi connectivity index (χ2n) is 2.30. The predicted molar refractivity (Wildman–Crippen MR) is 37.3 cm³/mol. The largest absolute Gasteiger partial charge is 0.394 e. The number of methoxy groups -OCH3 is 1. The van der Waals surface area contributed by atoms with Crippen LogP contribution in [0.25, 0.3) is 0 Å². The molecule has 0 aliphatic carbocycles. The first kappa shape index (κ1) is 9.41. The van der Waals surface area contributed by atoms with Crippen LogP contribution in [0.2, 0.25) is 0 Å². The molecule has 0 radical (unpaired) electrons. The number of hydrogen-bond acceptors (Lipinski definition) is 3. The molecule has 0 fully saturated rings. The molecule has 0 unspecified atom stereocenters. The van der Waals surface area contributed by atoms with Crippen molar-refractivity contribution in [3.05, 3.63) is 0 Å². The number of nitrogens with zero attached hydrogens (tertiary/aromatic N) is 1. The number of hydrogen-bond donors (Lipinski definition) is 1. The summed E-state index contributed by atoms with van der Waals surface area (Å²) in [5.74, 6) is 0.111. The fourth-order valence-corrected chi connectivity index (χ4v) is 0.762. The lowest BCUT2D eigenvalue weighted by atomic mass is 10.0. The third-order valence-electron chi connectivity index (χ3n) is 1.53. The molecule has 0 rings (SSSR count). The van der Waals surface area contributed by atoms with Gasteiger partial charge in [-0.2, -0.15) is 5.26 Å². The summed E-state index contributed by atoms with van der Waals surface area (Å²) in [5, 5.41) is 17.0. The smallest absolute Gasteiger partial charge is 0.0837 e. The van der Waals surface area contributed by atoms with Gasteiger partial charge in [-0.05, 0) is 5.92 Å². The fraction of sp³-hybridized carbons (Fsp3) is 0.857. The molecule has 0 aliphatic rings. The van der Waals surface area contributed by atoms with Gasteiger partial charge in [0.25, 0.3) is 0 Å². The van der Waals surface area contributed by atoms with Crippen LogP contribution in [0.1, 0.15) is 13.3 Å². The van der Waals surface area contributed by atoms with Gasteiger partial charge in [0.15, 0.2) is 0 Å². The van der Waals surface area contributed by atoms with Crippen LogP contribution < -0.4 is 0 Å². The van der Waals surface area contributed by atoms with Crippen molar-refractivity contribution in [2.45, 2.75) is 19.4 Å². The molecule has 10 heavy (non-hydrogen) atoms. The maximum Gasteiger partial charge on any atom is 0.0837 e. The summed E-state index contributed by atoms with van der Waals surface area (Å²) in [4.78, 5) is 0. The van der Waals surface area contributed by atoms with Crippen molar-refractivity contribution >= 4 is 0 Å². The van der Waals surface area contributed by atoms with Crippen LogP contribution in [0.5, 0.6) is 0 Å². The van der Waals surface area contributed by atoms with Gasteiger partial charge in [-0.3, -0.25) is 0 Å². The molecule has 0 aromatic heterocycles. The summed E-state index contributed by atoms with van der Waals surface area (Å²) >= 11 is 0. The highest BCUT2D eigenvalue weighted by Gasteiger charge is 2.14. The Bertz CT molecular complexity index is 115. The molecule has 1 N–H and O–H groups in total. The number of rotatable bonds is 4. The van der Waals surface area contributed by atoms with E-state index in [-0.39, 0.29) is 18.6 Å². The van der Waals surface area contributed by atoms with Crippen molar-refractivity contribution in [1.82, 2.24) is 0 Å². The lowest BCUT2D eigenvalue weighted by Gasteiger charge is -2.17. The normalized spacial score (nSPS) is 15.8. The third kappa shape index (κ3) is 2.81. The topological polar surface area (TPSA) is 53.2 Å². The average molecular weight is 143 g/mol. The van der Waals surface area contributed by atoms with E-state index in [1.165, 1.54) is 7.11 Å². The zero-order valence-corrected chi connectivity index (χ0v) is 6.37. The van der Waals surface area contributed by atoms with Crippen molar-refractivity contribution in [3.8, 4) is 6.07 Å². The monoisotopic (exact) mass is 143 g/mol. The molecule has 0 aliphatic heterocycles. The van der Waals surface area contributed by atoms with Crippen molar-refractivity contribution in [1.29, 1.82) is 5.26 Å². The number of aliphatic hydroxyl groups excluding tert-OH is 1. The molecule has 2 atom stereocenters. The van der Waals surface area contributed by atoms with Crippen molar-refractivity contribution in [3.63, 3.8) is 0 Å². The van der Waals surface area contributed by atoms with Crippen LogP contribution in [-0.4, -0.2) is 24.9 Å². The van der Waals surface area contributed by atoms with Crippen molar-refractivity contribution in [2.24, 2.45) is 5.92 Å². The molecular formula is C7H13NO2. The van der Waals surface area contributed by atoms with Gasteiger partial charge in [0.05, 0.1) is 18.8 Å². The van der Waals surface area contributed by atoms with Gasteiger partial charge < -0.3 is 9.84 Å². The predicted octanol–water partition coefficient (Wildman–Crippen LogP) is 0.543. The molecule has 0 saturated heterocycles. The van der Waals surface area contributed by atoms with Crippen LogP contribution in [0.3, 0.4) is 0 Å². The van der Waals surface area contributed by atoms with Gasteiger partial charge in [-0.25, -0.2) is 0 Å². The molecule has 0 spiro atoms. The molecule has 0 saturated carbocycles. The van der Waals surface area contributed by atoms with Gasteiger partial charge in [0.1, 0.15) is 0 Å². The summed E-state index contributed by atoms with van der Waals surface area (Å²) in [7, 11) is 1.54. The Balaban J connectivity index is 3.66. The van der Waals surface area contributed by atoms with Gasteiger partial charge in [0, 0.05) is 13.5 Å². The minimum atomic E-state index is -0.195. The lowest BCUT2D eigenvalue weighted by Crippen LogP contribution is -2.23. The highest BCUT2D eigenvalue weighted by atomic mass is 16.5.